The lowest BCUT2D eigenvalue weighted by Gasteiger charge is -2.12. The lowest BCUT2D eigenvalue weighted by molar-refractivity contribution is -0.140. The minimum Gasteiger partial charge on any atom is -0.275 e. The predicted octanol–water partition coefficient (Wildman–Crippen LogP) is 5.01. The highest BCUT2D eigenvalue weighted by molar-refractivity contribution is 5.66. The SMILES string of the molecule is CCCC(C)c1cccc(-c2cn(C)nc2C(F)(F)F)c1. The third-order valence-electron chi connectivity index (χ3n) is 3.59. The summed E-state index contributed by atoms with van der Waals surface area (Å²) in [6.45, 7) is 4.19. The fraction of sp³-hybridized carbons (Fsp3) is 0.438. The Balaban J connectivity index is 2.46. The van der Waals surface area contributed by atoms with Crippen LogP contribution in [0.4, 0.5) is 13.2 Å². The highest BCUT2D eigenvalue weighted by atomic mass is 19.4. The molecule has 1 atom stereocenters. The van der Waals surface area contributed by atoms with Gasteiger partial charge in [-0.15, -0.1) is 0 Å². The van der Waals surface area contributed by atoms with Gasteiger partial charge in [-0.3, -0.25) is 4.68 Å². The van der Waals surface area contributed by atoms with Crippen molar-refractivity contribution >= 4 is 0 Å². The molecule has 114 valence electrons. The van der Waals surface area contributed by atoms with Crippen molar-refractivity contribution in [3.63, 3.8) is 0 Å². The Morgan fingerprint density at radius 3 is 2.62 bits per heavy atom. The minimum atomic E-state index is -4.44. The van der Waals surface area contributed by atoms with Crippen LogP contribution in [0.1, 0.15) is 43.9 Å². The van der Waals surface area contributed by atoms with E-state index in [1.807, 2.05) is 18.2 Å². The molecule has 5 heteroatoms. The van der Waals surface area contributed by atoms with Crippen molar-refractivity contribution in [2.75, 3.05) is 0 Å². The van der Waals surface area contributed by atoms with E-state index in [-0.39, 0.29) is 5.56 Å². The van der Waals surface area contributed by atoms with Crippen molar-refractivity contribution in [2.24, 2.45) is 7.05 Å². The van der Waals surface area contributed by atoms with Crippen molar-refractivity contribution in [1.29, 1.82) is 0 Å². The van der Waals surface area contributed by atoms with Gasteiger partial charge in [0.25, 0.3) is 0 Å². The first-order valence-electron chi connectivity index (χ1n) is 7.04. The highest BCUT2D eigenvalue weighted by Gasteiger charge is 2.37. The van der Waals surface area contributed by atoms with Crippen molar-refractivity contribution in [3.8, 4) is 11.1 Å². The van der Waals surface area contributed by atoms with Crippen LogP contribution in [0.25, 0.3) is 11.1 Å². The van der Waals surface area contributed by atoms with Gasteiger partial charge in [0.15, 0.2) is 5.69 Å². The van der Waals surface area contributed by atoms with Gasteiger partial charge >= 0.3 is 6.18 Å². The van der Waals surface area contributed by atoms with Crippen LogP contribution >= 0.6 is 0 Å². The van der Waals surface area contributed by atoms with E-state index in [9.17, 15) is 13.2 Å². The van der Waals surface area contributed by atoms with E-state index in [4.69, 9.17) is 0 Å². The Morgan fingerprint density at radius 2 is 2.00 bits per heavy atom. The van der Waals surface area contributed by atoms with E-state index in [1.165, 1.54) is 17.9 Å². The molecule has 0 aliphatic carbocycles. The molecule has 1 aromatic carbocycles. The molecule has 0 spiro atoms. The van der Waals surface area contributed by atoms with Gasteiger partial charge in [-0.25, -0.2) is 0 Å². The van der Waals surface area contributed by atoms with Gasteiger partial charge in [-0.05, 0) is 23.5 Å². The largest absolute Gasteiger partial charge is 0.435 e. The fourth-order valence-corrected chi connectivity index (χ4v) is 2.52. The standard InChI is InChI=1S/C16H19F3N2/c1-4-6-11(2)12-7-5-8-13(9-12)14-10-21(3)20-15(14)16(17,18)19/h5,7-11H,4,6H2,1-3H3. The van der Waals surface area contributed by atoms with E-state index in [0.29, 0.717) is 11.5 Å². The molecule has 21 heavy (non-hydrogen) atoms. The zero-order valence-electron chi connectivity index (χ0n) is 12.4. The summed E-state index contributed by atoms with van der Waals surface area (Å²) in [6, 6.07) is 7.32. The molecule has 1 unspecified atom stereocenters. The first kappa shape index (κ1) is 15.6. The molecule has 0 amide bonds. The summed E-state index contributed by atoms with van der Waals surface area (Å²) in [5, 5.41) is 3.56. The number of nitrogens with zero attached hydrogens (tertiary/aromatic N) is 2. The first-order chi connectivity index (χ1) is 9.82. The molecule has 2 nitrogen and oxygen atoms in total. The number of benzene rings is 1. The average molecular weight is 296 g/mol. The molecule has 0 saturated carbocycles. The Labute approximate surface area is 122 Å². The van der Waals surface area contributed by atoms with Crippen molar-refractivity contribution in [3.05, 3.63) is 41.7 Å². The number of rotatable bonds is 4. The number of hydrogen-bond donors (Lipinski definition) is 0. The molecule has 0 aliphatic heterocycles. The summed E-state index contributed by atoms with van der Waals surface area (Å²) < 4.78 is 40.4. The molecule has 2 rings (SSSR count). The molecule has 0 fully saturated rings. The van der Waals surface area contributed by atoms with Gasteiger partial charge in [-0.2, -0.15) is 18.3 Å². The molecule has 0 saturated heterocycles. The number of halogens is 3. The van der Waals surface area contributed by atoms with Crippen LogP contribution in [0.15, 0.2) is 30.5 Å². The Morgan fingerprint density at radius 1 is 1.29 bits per heavy atom. The van der Waals surface area contributed by atoms with Crippen molar-refractivity contribution in [2.45, 2.75) is 38.8 Å². The molecule has 1 aromatic heterocycles. The summed E-state index contributed by atoms with van der Waals surface area (Å²) >= 11 is 0. The lowest BCUT2D eigenvalue weighted by atomic mass is 9.93. The van der Waals surface area contributed by atoms with Gasteiger partial charge in [0.2, 0.25) is 0 Å². The predicted molar refractivity (Wildman–Crippen MR) is 77.0 cm³/mol. The summed E-state index contributed by atoms with van der Waals surface area (Å²) in [4.78, 5) is 0. The quantitative estimate of drug-likeness (QED) is 0.775. The van der Waals surface area contributed by atoms with E-state index >= 15 is 0 Å². The topological polar surface area (TPSA) is 17.8 Å². The van der Waals surface area contributed by atoms with Gasteiger partial charge in [-0.1, -0.05) is 44.5 Å². The third kappa shape index (κ3) is 3.46. The maximum atomic E-state index is 13.1. The van der Waals surface area contributed by atoms with Gasteiger partial charge in [0.1, 0.15) is 0 Å². The number of aryl methyl sites for hydroxylation is 1. The van der Waals surface area contributed by atoms with Crippen LogP contribution in [-0.4, -0.2) is 9.78 Å². The smallest absolute Gasteiger partial charge is 0.275 e. The molecule has 0 radical (unpaired) electrons. The van der Waals surface area contributed by atoms with Crippen LogP contribution < -0.4 is 0 Å². The summed E-state index contributed by atoms with van der Waals surface area (Å²) in [5.41, 5.74) is 0.933. The second kappa shape index (κ2) is 5.92. The molecule has 0 N–H and O–H groups in total. The van der Waals surface area contributed by atoms with Crippen LogP contribution in [0.5, 0.6) is 0 Å². The maximum Gasteiger partial charge on any atom is 0.435 e. The molecule has 2 aromatic rings. The average Bonchev–Trinajstić information content (AvgIpc) is 2.81. The lowest BCUT2D eigenvalue weighted by Crippen LogP contribution is -2.08. The second-order valence-electron chi connectivity index (χ2n) is 5.38. The normalized spacial score (nSPS) is 13.4. The van der Waals surface area contributed by atoms with E-state index in [1.54, 1.807) is 6.07 Å². The van der Waals surface area contributed by atoms with E-state index in [0.717, 1.165) is 18.4 Å². The van der Waals surface area contributed by atoms with Gasteiger partial charge in [0.05, 0.1) is 0 Å². The highest BCUT2D eigenvalue weighted by Crippen LogP contribution is 2.36. The zero-order valence-corrected chi connectivity index (χ0v) is 12.4. The molecule has 0 bridgehead atoms. The Hall–Kier alpha value is -1.78. The van der Waals surface area contributed by atoms with E-state index < -0.39 is 11.9 Å². The van der Waals surface area contributed by atoms with Crippen LogP contribution in [-0.2, 0) is 13.2 Å². The zero-order chi connectivity index (χ0) is 15.6. The summed E-state index contributed by atoms with van der Waals surface area (Å²) in [7, 11) is 1.50. The maximum absolute atomic E-state index is 13.1. The molecular weight excluding hydrogens is 277 g/mol. The van der Waals surface area contributed by atoms with Crippen LogP contribution in [0.3, 0.4) is 0 Å². The van der Waals surface area contributed by atoms with Gasteiger partial charge in [0, 0.05) is 18.8 Å². The summed E-state index contributed by atoms with van der Waals surface area (Å²) in [5.74, 6) is 0.334. The molecule has 1 heterocycles. The third-order valence-corrected chi connectivity index (χ3v) is 3.59. The number of hydrogen-bond acceptors (Lipinski definition) is 1. The number of alkyl halides is 3. The Bertz CT molecular complexity index is 614. The minimum absolute atomic E-state index is 0.135. The second-order valence-corrected chi connectivity index (χ2v) is 5.38. The van der Waals surface area contributed by atoms with Gasteiger partial charge < -0.3 is 0 Å². The Kier molecular flexibility index (Phi) is 4.40. The van der Waals surface area contributed by atoms with Crippen molar-refractivity contribution in [1.82, 2.24) is 9.78 Å². The van der Waals surface area contributed by atoms with Crippen LogP contribution in [0.2, 0.25) is 0 Å². The summed E-state index contributed by atoms with van der Waals surface area (Å²) in [6.07, 6.45) is -0.956. The monoisotopic (exact) mass is 296 g/mol. The van der Waals surface area contributed by atoms with E-state index in [2.05, 4.69) is 18.9 Å². The van der Waals surface area contributed by atoms with Crippen LogP contribution in [0, 0.1) is 0 Å². The van der Waals surface area contributed by atoms with Crippen molar-refractivity contribution < 1.29 is 13.2 Å². The fourth-order valence-electron chi connectivity index (χ4n) is 2.52. The first-order valence-corrected chi connectivity index (χ1v) is 7.04. The molecular formula is C16H19F3N2. The number of aromatic nitrogens is 2. The molecule has 0 aliphatic rings.